The summed E-state index contributed by atoms with van der Waals surface area (Å²) in [6.45, 7) is 6.05. The molecule has 2 atom stereocenters. The van der Waals surface area contributed by atoms with Gasteiger partial charge in [-0.3, -0.25) is 9.78 Å². The van der Waals surface area contributed by atoms with E-state index in [4.69, 9.17) is 0 Å². The van der Waals surface area contributed by atoms with Gasteiger partial charge in [0.25, 0.3) is 5.91 Å². The van der Waals surface area contributed by atoms with Crippen LogP contribution in [0.1, 0.15) is 47.8 Å². The second-order valence-electron chi connectivity index (χ2n) is 7.05. The average molecular weight is 312 g/mol. The molecular formula is C19H24N2O2. The Morgan fingerprint density at radius 1 is 1.39 bits per heavy atom. The first-order valence-electron chi connectivity index (χ1n) is 8.23. The van der Waals surface area contributed by atoms with Crippen molar-refractivity contribution in [3.8, 4) is 0 Å². The van der Waals surface area contributed by atoms with Crippen molar-refractivity contribution in [1.82, 2.24) is 10.3 Å². The monoisotopic (exact) mass is 312 g/mol. The van der Waals surface area contributed by atoms with Gasteiger partial charge < -0.3 is 10.4 Å². The number of aryl methyl sites for hydroxylation is 2. The topological polar surface area (TPSA) is 62.2 Å². The maximum Gasteiger partial charge on any atom is 0.253 e. The van der Waals surface area contributed by atoms with E-state index in [-0.39, 0.29) is 24.0 Å². The van der Waals surface area contributed by atoms with Crippen molar-refractivity contribution >= 4 is 16.8 Å². The van der Waals surface area contributed by atoms with Crippen LogP contribution >= 0.6 is 0 Å². The first kappa shape index (κ1) is 15.9. The molecule has 122 valence electrons. The fourth-order valence-corrected chi connectivity index (χ4v) is 3.53. The molecule has 1 amide bonds. The van der Waals surface area contributed by atoms with Gasteiger partial charge in [-0.2, -0.15) is 0 Å². The summed E-state index contributed by atoms with van der Waals surface area (Å²) in [6.07, 6.45) is 2.90. The Labute approximate surface area is 136 Å². The van der Waals surface area contributed by atoms with E-state index >= 15 is 0 Å². The minimum Gasteiger partial charge on any atom is -0.396 e. The summed E-state index contributed by atoms with van der Waals surface area (Å²) in [6, 6.07) is 8.00. The number of fused-ring (bicyclic) bond motifs is 1. The number of nitrogens with zero attached hydrogens (tertiary/aromatic N) is 1. The first-order valence-corrected chi connectivity index (χ1v) is 8.23. The molecule has 4 nitrogen and oxygen atoms in total. The zero-order valence-corrected chi connectivity index (χ0v) is 14.0. The Hall–Kier alpha value is -1.94. The molecule has 4 heteroatoms. The van der Waals surface area contributed by atoms with Crippen molar-refractivity contribution in [2.75, 3.05) is 6.61 Å². The van der Waals surface area contributed by atoms with E-state index in [1.807, 2.05) is 45.0 Å². The van der Waals surface area contributed by atoms with Crippen molar-refractivity contribution in [3.05, 3.63) is 41.1 Å². The Kier molecular flexibility index (Phi) is 4.11. The zero-order valence-electron chi connectivity index (χ0n) is 14.0. The SMILES string of the molecule is Cc1ccc2nc(C)c(C(=O)NC3CCCC3(C)CO)cc2c1. The molecule has 1 aliphatic rings. The molecule has 1 heterocycles. The molecular weight excluding hydrogens is 288 g/mol. The van der Waals surface area contributed by atoms with Gasteiger partial charge in [0.1, 0.15) is 0 Å². The second kappa shape index (κ2) is 5.93. The van der Waals surface area contributed by atoms with Crippen LogP contribution in [0, 0.1) is 19.3 Å². The lowest BCUT2D eigenvalue weighted by Gasteiger charge is -2.30. The number of amides is 1. The molecule has 1 aromatic heterocycles. The van der Waals surface area contributed by atoms with Gasteiger partial charge in [0.2, 0.25) is 0 Å². The molecule has 2 aromatic rings. The molecule has 1 fully saturated rings. The number of aliphatic hydroxyl groups excluding tert-OH is 1. The van der Waals surface area contributed by atoms with Gasteiger partial charge in [-0.05, 0) is 44.9 Å². The fraction of sp³-hybridized carbons (Fsp3) is 0.474. The number of aromatic nitrogens is 1. The standard InChI is InChI=1S/C19H24N2O2/c1-12-6-7-16-14(9-12)10-15(13(2)20-16)18(23)21-17-5-4-8-19(17,3)11-22/h6-7,9-10,17,22H,4-5,8,11H2,1-3H3,(H,21,23). The summed E-state index contributed by atoms with van der Waals surface area (Å²) < 4.78 is 0. The molecule has 0 radical (unpaired) electrons. The molecule has 1 aromatic carbocycles. The van der Waals surface area contributed by atoms with Crippen molar-refractivity contribution in [1.29, 1.82) is 0 Å². The summed E-state index contributed by atoms with van der Waals surface area (Å²) in [7, 11) is 0. The predicted molar refractivity (Wildman–Crippen MR) is 91.5 cm³/mol. The van der Waals surface area contributed by atoms with Crippen molar-refractivity contribution < 1.29 is 9.90 Å². The van der Waals surface area contributed by atoms with Crippen LogP contribution in [0.15, 0.2) is 24.3 Å². The molecule has 0 saturated heterocycles. The van der Waals surface area contributed by atoms with Crippen molar-refractivity contribution in [2.45, 2.75) is 46.1 Å². The first-order chi connectivity index (χ1) is 10.9. The van der Waals surface area contributed by atoms with Gasteiger partial charge in [0, 0.05) is 16.8 Å². The molecule has 1 saturated carbocycles. The highest BCUT2D eigenvalue weighted by molar-refractivity contribution is 5.98. The van der Waals surface area contributed by atoms with E-state index in [2.05, 4.69) is 10.3 Å². The summed E-state index contributed by atoms with van der Waals surface area (Å²) in [5.74, 6) is -0.0926. The number of carbonyl (C=O) groups is 1. The number of aliphatic hydroxyl groups is 1. The van der Waals surface area contributed by atoms with Gasteiger partial charge in [0.15, 0.2) is 0 Å². The van der Waals surface area contributed by atoms with Gasteiger partial charge >= 0.3 is 0 Å². The van der Waals surface area contributed by atoms with Crippen LogP contribution in [-0.4, -0.2) is 28.6 Å². The minimum atomic E-state index is -0.218. The molecule has 3 rings (SSSR count). The van der Waals surface area contributed by atoms with Crippen molar-refractivity contribution in [3.63, 3.8) is 0 Å². The molecule has 2 unspecified atom stereocenters. The highest BCUT2D eigenvalue weighted by atomic mass is 16.3. The number of hydrogen-bond donors (Lipinski definition) is 2. The number of pyridine rings is 1. The van der Waals surface area contributed by atoms with Gasteiger partial charge in [0.05, 0.1) is 23.4 Å². The Bertz CT molecular complexity index is 756. The highest BCUT2D eigenvalue weighted by Gasteiger charge is 2.39. The maximum absolute atomic E-state index is 12.7. The lowest BCUT2D eigenvalue weighted by atomic mass is 9.85. The third-order valence-corrected chi connectivity index (χ3v) is 5.15. The van der Waals surface area contributed by atoms with Crippen LogP contribution < -0.4 is 5.32 Å². The van der Waals surface area contributed by atoms with E-state index in [1.54, 1.807) is 0 Å². The smallest absolute Gasteiger partial charge is 0.253 e. The van der Waals surface area contributed by atoms with Crippen LogP contribution in [0.2, 0.25) is 0 Å². The third-order valence-electron chi connectivity index (χ3n) is 5.15. The normalized spacial score (nSPS) is 24.1. The highest BCUT2D eigenvalue weighted by Crippen LogP contribution is 2.37. The molecule has 2 N–H and O–H groups in total. The summed E-state index contributed by atoms with van der Waals surface area (Å²) >= 11 is 0. The second-order valence-corrected chi connectivity index (χ2v) is 7.05. The lowest BCUT2D eigenvalue weighted by Crippen LogP contribution is -2.45. The molecule has 0 aliphatic heterocycles. The van der Waals surface area contributed by atoms with Crippen LogP contribution in [0.25, 0.3) is 10.9 Å². The Morgan fingerprint density at radius 3 is 2.91 bits per heavy atom. The van der Waals surface area contributed by atoms with Crippen LogP contribution in [0.5, 0.6) is 0 Å². The molecule has 0 spiro atoms. The number of rotatable bonds is 3. The lowest BCUT2D eigenvalue weighted by molar-refractivity contribution is 0.0830. The maximum atomic E-state index is 12.7. The van der Waals surface area contributed by atoms with Crippen LogP contribution in [0.3, 0.4) is 0 Å². The van der Waals surface area contributed by atoms with Crippen molar-refractivity contribution in [2.24, 2.45) is 5.41 Å². The Morgan fingerprint density at radius 2 is 2.17 bits per heavy atom. The van der Waals surface area contributed by atoms with Crippen LogP contribution in [0.4, 0.5) is 0 Å². The quantitative estimate of drug-likeness (QED) is 0.915. The molecule has 23 heavy (non-hydrogen) atoms. The van der Waals surface area contributed by atoms with Gasteiger partial charge in [-0.25, -0.2) is 0 Å². The number of hydrogen-bond acceptors (Lipinski definition) is 3. The summed E-state index contributed by atoms with van der Waals surface area (Å²) in [5, 5.41) is 13.7. The average Bonchev–Trinajstić information content (AvgIpc) is 2.88. The van der Waals surface area contributed by atoms with E-state index in [9.17, 15) is 9.90 Å². The van der Waals surface area contributed by atoms with Gasteiger partial charge in [-0.15, -0.1) is 0 Å². The third kappa shape index (κ3) is 2.95. The van der Waals surface area contributed by atoms with E-state index in [0.29, 0.717) is 5.56 Å². The largest absolute Gasteiger partial charge is 0.396 e. The molecule has 1 aliphatic carbocycles. The predicted octanol–water partition coefficient (Wildman–Crippen LogP) is 3.13. The van der Waals surface area contributed by atoms with Crippen LogP contribution in [-0.2, 0) is 0 Å². The summed E-state index contributed by atoms with van der Waals surface area (Å²) in [5.41, 5.74) is 3.20. The number of carbonyl (C=O) groups excluding carboxylic acids is 1. The Balaban J connectivity index is 1.90. The fourth-order valence-electron chi connectivity index (χ4n) is 3.53. The van der Waals surface area contributed by atoms with E-state index in [0.717, 1.165) is 41.4 Å². The number of benzene rings is 1. The minimum absolute atomic E-state index is 0.0209. The summed E-state index contributed by atoms with van der Waals surface area (Å²) in [4.78, 5) is 17.3. The number of nitrogens with one attached hydrogen (secondary N) is 1. The molecule has 0 bridgehead atoms. The van der Waals surface area contributed by atoms with E-state index in [1.165, 1.54) is 0 Å². The van der Waals surface area contributed by atoms with E-state index < -0.39 is 0 Å². The zero-order chi connectivity index (χ0) is 16.6. The van der Waals surface area contributed by atoms with Gasteiger partial charge in [-0.1, -0.05) is 25.0 Å².